The highest BCUT2D eigenvalue weighted by Gasteiger charge is 1.92. The van der Waals surface area contributed by atoms with E-state index in [1.807, 2.05) is 0 Å². The summed E-state index contributed by atoms with van der Waals surface area (Å²) in [6, 6.07) is 6.92. The Morgan fingerprint density at radius 3 is 2.44 bits per heavy atom. The van der Waals surface area contributed by atoms with Crippen LogP contribution in [0.2, 0.25) is 0 Å². The fourth-order valence-electron chi connectivity index (χ4n) is 0.656. The van der Waals surface area contributed by atoms with Gasteiger partial charge in [-0.3, -0.25) is 0 Å². The van der Waals surface area contributed by atoms with E-state index in [0.717, 1.165) is 0 Å². The van der Waals surface area contributed by atoms with Crippen LogP contribution in [0.5, 0.6) is 0 Å². The summed E-state index contributed by atoms with van der Waals surface area (Å²) in [6.07, 6.45) is 0. The van der Waals surface area contributed by atoms with Gasteiger partial charge in [-0.15, -0.1) is 0 Å². The molecule has 0 spiro atoms. The van der Waals surface area contributed by atoms with Crippen LogP contribution in [0, 0.1) is 6.92 Å². The second-order valence-electron chi connectivity index (χ2n) is 1.83. The Balaban J connectivity index is 3.01. The first-order valence-electron chi connectivity index (χ1n) is 2.74. The average molecular weight is 122 g/mol. The Labute approximate surface area is 54.3 Å². The smallest absolute Gasteiger partial charge is 0.115 e. The number of alkyl halides is 1. The maximum absolute atomic E-state index is 11.9. The molecule has 0 aliphatic carbocycles. The molecule has 9 heavy (non-hydrogen) atoms. The lowest BCUT2D eigenvalue weighted by Gasteiger charge is -1.96. The van der Waals surface area contributed by atoms with Gasteiger partial charge in [0.25, 0.3) is 0 Å². The first-order valence-corrected chi connectivity index (χ1v) is 2.74. The summed E-state index contributed by atoms with van der Waals surface area (Å²) in [7, 11) is 0. The van der Waals surface area contributed by atoms with Crippen LogP contribution < -0.4 is 0 Å². The van der Waals surface area contributed by atoms with Crippen LogP contribution in [-0.4, -0.2) is 0 Å². The molecule has 46 valence electrons. The Morgan fingerprint density at radius 1 is 1.33 bits per heavy atom. The van der Waals surface area contributed by atoms with E-state index in [9.17, 15) is 4.39 Å². The van der Waals surface area contributed by atoms with Crippen LogP contribution in [0.25, 0.3) is 0 Å². The highest BCUT2D eigenvalue weighted by Crippen LogP contribution is 2.06. The lowest BCUT2D eigenvalue weighted by Crippen LogP contribution is -1.81. The van der Waals surface area contributed by atoms with Gasteiger partial charge < -0.3 is 0 Å². The van der Waals surface area contributed by atoms with Gasteiger partial charge in [-0.25, -0.2) is 4.39 Å². The van der Waals surface area contributed by atoms with Gasteiger partial charge >= 0.3 is 0 Å². The average Bonchev–Trinajstić information content (AvgIpc) is 1.89. The number of rotatable bonds is 1. The Kier molecular flexibility index (Phi) is 1.83. The van der Waals surface area contributed by atoms with Crippen molar-refractivity contribution >= 4 is 0 Å². The molecule has 2 radical (unpaired) electrons. The van der Waals surface area contributed by atoms with Crippen molar-refractivity contribution in [3.8, 4) is 0 Å². The zero-order chi connectivity index (χ0) is 6.69. The molecular weight excluding hydrogens is 115 g/mol. The highest BCUT2D eigenvalue weighted by atomic mass is 19.1. The Hall–Kier alpha value is -0.850. The van der Waals surface area contributed by atoms with E-state index in [1.54, 1.807) is 24.3 Å². The standard InChI is InChI=1S/C8H7F/c1-7-4-2-3-5-8(7)6-9/h1-5H,6H2. The van der Waals surface area contributed by atoms with E-state index in [-0.39, 0.29) is 0 Å². The quantitative estimate of drug-likeness (QED) is 0.535. The van der Waals surface area contributed by atoms with E-state index < -0.39 is 6.67 Å². The molecule has 0 fully saturated rings. The molecule has 1 heteroatoms. The van der Waals surface area contributed by atoms with Crippen molar-refractivity contribution in [2.75, 3.05) is 0 Å². The van der Waals surface area contributed by atoms with E-state index in [2.05, 4.69) is 0 Å². The molecule has 0 amide bonds. The predicted molar refractivity (Wildman–Crippen MR) is 34.7 cm³/mol. The van der Waals surface area contributed by atoms with Crippen LogP contribution in [0.4, 0.5) is 4.39 Å². The zero-order valence-corrected chi connectivity index (χ0v) is 4.97. The summed E-state index contributed by atoms with van der Waals surface area (Å²) in [5, 5.41) is 0. The van der Waals surface area contributed by atoms with Gasteiger partial charge in [0.15, 0.2) is 0 Å². The fraction of sp³-hybridized carbons (Fsp3) is 0.125. The summed E-state index contributed by atoms with van der Waals surface area (Å²) in [5.41, 5.74) is 1.09. The summed E-state index contributed by atoms with van der Waals surface area (Å²) in [4.78, 5) is 0. The molecule has 0 heterocycles. The van der Waals surface area contributed by atoms with Gasteiger partial charge in [-0.2, -0.15) is 0 Å². The van der Waals surface area contributed by atoms with Gasteiger partial charge in [0.2, 0.25) is 0 Å². The van der Waals surface area contributed by atoms with Crippen LogP contribution in [0.1, 0.15) is 11.1 Å². The van der Waals surface area contributed by atoms with Gasteiger partial charge in [0, 0.05) is 0 Å². The van der Waals surface area contributed by atoms with E-state index in [1.165, 1.54) is 0 Å². The molecule has 0 saturated heterocycles. The second kappa shape index (κ2) is 2.62. The number of halogens is 1. The van der Waals surface area contributed by atoms with Crippen LogP contribution in [-0.2, 0) is 6.67 Å². The van der Waals surface area contributed by atoms with Gasteiger partial charge in [0.05, 0.1) is 0 Å². The Bertz CT molecular complexity index is 194. The van der Waals surface area contributed by atoms with Crippen LogP contribution in [0.3, 0.4) is 0 Å². The lowest BCUT2D eigenvalue weighted by atomic mass is 10.1. The third kappa shape index (κ3) is 1.28. The predicted octanol–water partition coefficient (Wildman–Crippen LogP) is 2.22. The number of hydrogen-bond acceptors (Lipinski definition) is 0. The van der Waals surface area contributed by atoms with Crippen molar-refractivity contribution < 1.29 is 4.39 Å². The van der Waals surface area contributed by atoms with Crippen molar-refractivity contribution in [2.24, 2.45) is 0 Å². The van der Waals surface area contributed by atoms with Gasteiger partial charge in [-0.05, 0) is 18.1 Å². The molecule has 0 aliphatic rings. The first-order chi connectivity index (χ1) is 4.34. The molecule has 1 aromatic carbocycles. The molecule has 1 aromatic rings. The minimum Gasteiger partial charge on any atom is -0.246 e. The van der Waals surface area contributed by atoms with Crippen molar-refractivity contribution in [1.29, 1.82) is 0 Å². The summed E-state index contributed by atoms with van der Waals surface area (Å²) >= 11 is 0. The van der Waals surface area contributed by atoms with Crippen molar-refractivity contribution in [3.63, 3.8) is 0 Å². The number of benzene rings is 1. The van der Waals surface area contributed by atoms with Gasteiger partial charge in [0.1, 0.15) is 6.67 Å². The lowest BCUT2D eigenvalue weighted by molar-refractivity contribution is 0.484. The van der Waals surface area contributed by atoms with Crippen molar-refractivity contribution in [2.45, 2.75) is 6.67 Å². The normalized spacial score (nSPS) is 9.56. The largest absolute Gasteiger partial charge is 0.246 e. The van der Waals surface area contributed by atoms with Crippen LogP contribution >= 0.6 is 0 Å². The van der Waals surface area contributed by atoms with E-state index >= 15 is 0 Å². The SMILES string of the molecule is [CH]c1ccccc1CF. The summed E-state index contributed by atoms with van der Waals surface area (Å²) < 4.78 is 11.9. The monoisotopic (exact) mass is 122 g/mol. The topological polar surface area (TPSA) is 0 Å². The van der Waals surface area contributed by atoms with Crippen LogP contribution in [0.15, 0.2) is 24.3 Å². The highest BCUT2D eigenvalue weighted by molar-refractivity contribution is 5.28. The third-order valence-electron chi connectivity index (χ3n) is 1.20. The Morgan fingerprint density at radius 2 is 2.00 bits per heavy atom. The van der Waals surface area contributed by atoms with E-state index in [0.29, 0.717) is 11.1 Å². The molecule has 0 atom stereocenters. The van der Waals surface area contributed by atoms with E-state index in [4.69, 9.17) is 6.92 Å². The molecular formula is C8H7F. The van der Waals surface area contributed by atoms with Crippen molar-refractivity contribution in [3.05, 3.63) is 42.3 Å². The fourth-order valence-corrected chi connectivity index (χ4v) is 0.656. The molecule has 0 aromatic heterocycles. The first kappa shape index (κ1) is 6.27. The molecule has 0 aliphatic heterocycles. The third-order valence-corrected chi connectivity index (χ3v) is 1.20. The summed E-state index contributed by atoms with van der Waals surface area (Å²) in [5.74, 6) is 0. The molecule has 0 nitrogen and oxygen atoms in total. The maximum Gasteiger partial charge on any atom is 0.115 e. The minimum atomic E-state index is -0.479. The minimum absolute atomic E-state index is 0.479. The molecule has 0 unspecified atom stereocenters. The molecule has 0 N–H and O–H groups in total. The second-order valence-corrected chi connectivity index (χ2v) is 1.83. The molecule has 0 bridgehead atoms. The zero-order valence-electron chi connectivity index (χ0n) is 4.97. The van der Waals surface area contributed by atoms with Gasteiger partial charge in [-0.1, -0.05) is 24.3 Å². The molecule has 0 saturated carbocycles. The maximum atomic E-state index is 11.9. The van der Waals surface area contributed by atoms with Crippen molar-refractivity contribution in [1.82, 2.24) is 0 Å². The molecule has 1 rings (SSSR count). The number of hydrogen-bond donors (Lipinski definition) is 0. The summed E-state index contributed by atoms with van der Waals surface area (Å²) in [6.45, 7) is 4.91.